The van der Waals surface area contributed by atoms with Gasteiger partial charge in [0.25, 0.3) is 5.91 Å². The van der Waals surface area contributed by atoms with Crippen molar-refractivity contribution in [2.24, 2.45) is 5.10 Å². The summed E-state index contributed by atoms with van der Waals surface area (Å²) in [5.41, 5.74) is 3.51. The molecule has 0 fully saturated rings. The van der Waals surface area contributed by atoms with Gasteiger partial charge in [-0.15, -0.1) is 0 Å². The number of hydrogen-bond acceptors (Lipinski definition) is 7. The molecule has 0 saturated heterocycles. The largest absolute Gasteiger partial charge is 0.481 e. The van der Waals surface area contributed by atoms with E-state index in [1.165, 1.54) is 18.3 Å². The Hall–Kier alpha value is -5.76. The quantitative estimate of drug-likeness (QED) is 0.100. The van der Waals surface area contributed by atoms with Crippen molar-refractivity contribution in [1.29, 1.82) is 0 Å². The molecule has 8 heteroatoms. The van der Waals surface area contributed by atoms with E-state index in [4.69, 9.17) is 14.2 Å². The molecular weight excluding hydrogens is 532 g/mol. The smallest absolute Gasteiger partial charge is 0.343 e. The molecule has 5 aromatic rings. The highest BCUT2D eigenvalue weighted by Gasteiger charge is 2.16. The number of amides is 1. The first-order chi connectivity index (χ1) is 20.5. The van der Waals surface area contributed by atoms with Gasteiger partial charge in [-0.1, -0.05) is 66.7 Å². The summed E-state index contributed by atoms with van der Waals surface area (Å²) in [7, 11) is 0. The van der Waals surface area contributed by atoms with Crippen LogP contribution in [0.3, 0.4) is 0 Å². The van der Waals surface area contributed by atoms with E-state index in [1.54, 1.807) is 79.7 Å². The zero-order chi connectivity index (χ0) is 29.3. The lowest BCUT2D eigenvalue weighted by Gasteiger charge is -2.13. The Labute approximate surface area is 242 Å². The summed E-state index contributed by atoms with van der Waals surface area (Å²) >= 11 is 0. The minimum absolute atomic E-state index is 0.0840. The van der Waals surface area contributed by atoms with E-state index >= 15 is 0 Å². The molecule has 0 bridgehead atoms. The molecular formula is C34H26N2O6. The molecule has 1 unspecified atom stereocenters. The highest BCUT2D eigenvalue weighted by atomic mass is 16.5. The van der Waals surface area contributed by atoms with Gasteiger partial charge in [0.1, 0.15) is 17.2 Å². The molecule has 5 rings (SSSR count). The van der Waals surface area contributed by atoms with Crippen molar-refractivity contribution >= 4 is 34.8 Å². The summed E-state index contributed by atoms with van der Waals surface area (Å²) in [5.74, 6) is -0.853. The van der Waals surface area contributed by atoms with Crippen LogP contribution in [0.25, 0.3) is 10.8 Å². The topological polar surface area (TPSA) is 103 Å². The van der Waals surface area contributed by atoms with Crippen LogP contribution >= 0.6 is 0 Å². The number of rotatable bonds is 9. The lowest BCUT2D eigenvalue weighted by molar-refractivity contribution is -0.127. The molecule has 208 valence electrons. The molecule has 0 heterocycles. The van der Waals surface area contributed by atoms with Crippen molar-refractivity contribution in [2.75, 3.05) is 0 Å². The minimum Gasteiger partial charge on any atom is -0.481 e. The summed E-state index contributed by atoms with van der Waals surface area (Å²) in [5, 5.41) is 6.09. The van der Waals surface area contributed by atoms with Gasteiger partial charge in [0.2, 0.25) is 0 Å². The SMILES string of the molecule is CC(Oc1ccc2ccccc2c1)C(=O)N/N=C/c1ccc(OC(=O)c2ccccc2)cc1OC(=O)c1ccccc1. The van der Waals surface area contributed by atoms with Crippen molar-refractivity contribution in [2.45, 2.75) is 13.0 Å². The Morgan fingerprint density at radius 3 is 1.95 bits per heavy atom. The van der Waals surface area contributed by atoms with Gasteiger partial charge in [-0.25, -0.2) is 15.0 Å². The van der Waals surface area contributed by atoms with E-state index in [-0.39, 0.29) is 11.5 Å². The maximum atomic E-state index is 12.8. The summed E-state index contributed by atoms with van der Waals surface area (Å²) < 4.78 is 16.9. The molecule has 1 N–H and O–H groups in total. The van der Waals surface area contributed by atoms with E-state index < -0.39 is 23.9 Å². The van der Waals surface area contributed by atoms with Crippen LogP contribution in [-0.2, 0) is 4.79 Å². The van der Waals surface area contributed by atoms with Crippen LogP contribution in [0.4, 0.5) is 0 Å². The van der Waals surface area contributed by atoms with Crippen molar-refractivity contribution in [1.82, 2.24) is 5.43 Å². The highest BCUT2D eigenvalue weighted by molar-refractivity contribution is 5.94. The van der Waals surface area contributed by atoms with Crippen molar-refractivity contribution in [3.05, 3.63) is 138 Å². The van der Waals surface area contributed by atoms with Gasteiger partial charge in [0.15, 0.2) is 6.10 Å². The Bertz CT molecular complexity index is 1750. The number of hydrazone groups is 1. The van der Waals surface area contributed by atoms with Crippen LogP contribution < -0.4 is 19.6 Å². The van der Waals surface area contributed by atoms with E-state index in [1.807, 2.05) is 36.4 Å². The number of carbonyl (C=O) groups is 3. The summed E-state index contributed by atoms with van der Waals surface area (Å²) in [6.07, 6.45) is 0.496. The van der Waals surface area contributed by atoms with Crippen LogP contribution in [0.2, 0.25) is 0 Å². The second-order valence-corrected chi connectivity index (χ2v) is 9.21. The van der Waals surface area contributed by atoms with Crippen LogP contribution in [0.5, 0.6) is 17.2 Å². The Morgan fingerprint density at radius 1 is 0.667 bits per heavy atom. The second-order valence-electron chi connectivity index (χ2n) is 9.21. The first kappa shape index (κ1) is 27.8. The molecule has 0 aromatic heterocycles. The molecule has 1 atom stereocenters. The number of nitrogens with zero attached hydrogens (tertiary/aromatic N) is 1. The van der Waals surface area contributed by atoms with Crippen LogP contribution in [-0.4, -0.2) is 30.2 Å². The van der Waals surface area contributed by atoms with Crippen LogP contribution in [0, 0.1) is 0 Å². The number of nitrogens with one attached hydrogen (secondary N) is 1. The van der Waals surface area contributed by atoms with Crippen LogP contribution in [0.1, 0.15) is 33.2 Å². The van der Waals surface area contributed by atoms with Crippen LogP contribution in [0.15, 0.2) is 126 Å². The molecule has 0 radical (unpaired) electrons. The minimum atomic E-state index is -0.835. The molecule has 0 aliphatic rings. The zero-order valence-corrected chi connectivity index (χ0v) is 22.6. The van der Waals surface area contributed by atoms with Gasteiger partial charge in [-0.05, 0) is 66.2 Å². The van der Waals surface area contributed by atoms with E-state index in [0.717, 1.165) is 10.8 Å². The number of carbonyl (C=O) groups excluding carboxylic acids is 3. The fourth-order valence-electron chi connectivity index (χ4n) is 4.00. The third-order valence-corrected chi connectivity index (χ3v) is 6.20. The second kappa shape index (κ2) is 13.1. The lowest BCUT2D eigenvalue weighted by atomic mass is 10.1. The number of hydrogen-bond donors (Lipinski definition) is 1. The lowest BCUT2D eigenvalue weighted by Crippen LogP contribution is -2.33. The van der Waals surface area contributed by atoms with Gasteiger partial charge in [-0.3, -0.25) is 4.79 Å². The number of esters is 2. The fourth-order valence-corrected chi connectivity index (χ4v) is 4.00. The third kappa shape index (κ3) is 7.05. The summed E-state index contributed by atoms with van der Waals surface area (Å²) in [6, 6.07) is 34.9. The molecule has 0 aliphatic carbocycles. The predicted octanol–water partition coefficient (Wildman–Crippen LogP) is 6.20. The number of benzene rings is 5. The van der Waals surface area contributed by atoms with Gasteiger partial charge in [0.05, 0.1) is 17.3 Å². The van der Waals surface area contributed by atoms with E-state index in [0.29, 0.717) is 22.4 Å². The Kier molecular flexibility index (Phi) is 8.64. The Balaban J connectivity index is 1.29. The predicted molar refractivity (Wildman–Crippen MR) is 159 cm³/mol. The number of ether oxygens (including phenoxy) is 3. The standard InChI is InChI=1S/C34H26N2O6/c1-23(40-29-18-16-24-10-8-9-15-27(24)20-29)32(37)36-35-22-28-17-19-30(41-33(38)25-11-4-2-5-12-25)21-31(28)42-34(39)26-13-6-3-7-14-26/h2-23H,1H3,(H,36,37)/b35-22+. The fraction of sp³-hybridized carbons (Fsp3) is 0.0588. The average Bonchev–Trinajstić information content (AvgIpc) is 3.02. The zero-order valence-electron chi connectivity index (χ0n) is 22.6. The average molecular weight is 559 g/mol. The number of fused-ring (bicyclic) bond motifs is 1. The summed E-state index contributed by atoms with van der Waals surface area (Å²) in [6.45, 7) is 1.61. The highest BCUT2D eigenvalue weighted by Crippen LogP contribution is 2.26. The summed E-state index contributed by atoms with van der Waals surface area (Å²) in [4.78, 5) is 38.0. The molecule has 42 heavy (non-hydrogen) atoms. The van der Waals surface area contributed by atoms with Gasteiger partial charge >= 0.3 is 11.9 Å². The monoisotopic (exact) mass is 558 g/mol. The van der Waals surface area contributed by atoms with Gasteiger partial charge < -0.3 is 14.2 Å². The molecule has 1 amide bonds. The molecule has 0 spiro atoms. The first-order valence-electron chi connectivity index (χ1n) is 13.1. The first-order valence-corrected chi connectivity index (χ1v) is 13.1. The molecule has 0 saturated carbocycles. The van der Waals surface area contributed by atoms with E-state index in [2.05, 4.69) is 10.5 Å². The molecule has 8 nitrogen and oxygen atoms in total. The van der Waals surface area contributed by atoms with Crippen molar-refractivity contribution in [3.63, 3.8) is 0 Å². The van der Waals surface area contributed by atoms with Gasteiger partial charge in [-0.2, -0.15) is 5.10 Å². The van der Waals surface area contributed by atoms with Crippen molar-refractivity contribution < 1.29 is 28.6 Å². The normalized spacial score (nSPS) is 11.5. The maximum absolute atomic E-state index is 12.8. The van der Waals surface area contributed by atoms with E-state index in [9.17, 15) is 14.4 Å². The third-order valence-electron chi connectivity index (χ3n) is 6.20. The van der Waals surface area contributed by atoms with Crippen molar-refractivity contribution in [3.8, 4) is 17.2 Å². The Morgan fingerprint density at radius 2 is 1.26 bits per heavy atom. The molecule has 0 aliphatic heterocycles. The van der Waals surface area contributed by atoms with Gasteiger partial charge in [0, 0.05) is 11.6 Å². The molecule has 5 aromatic carbocycles. The maximum Gasteiger partial charge on any atom is 0.343 e.